The molecule has 0 fully saturated rings. The normalized spacial score (nSPS) is 14.1. The second-order valence-electron chi connectivity index (χ2n) is 7.01. The van der Waals surface area contributed by atoms with E-state index in [-0.39, 0.29) is 31.1 Å². The highest BCUT2D eigenvalue weighted by Gasteiger charge is 2.39. The summed E-state index contributed by atoms with van der Waals surface area (Å²) >= 11 is 1.20. The van der Waals surface area contributed by atoms with Crippen LogP contribution in [0.25, 0.3) is 5.57 Å². The first kappa shape index (κ1) is 21.9. The molecule has 0 atom stereocenters. The van der Waals surface area contributed by atoms with Crippen LogP contribution in [0.3, 0.4) is 0 Å². The van der Waals surface area contributed by atoms with Gasteiger partial charge < -0.3 is 14.6 Å². The van der Waals surface area contributed by atoms with Gasteiger partial charge >= 0.3 is 0 Å². The summed E-state index contributed by atoms with van der Waals surface area (Å²) in [5, 5.41) is 9.22. The minimum Gasteiger partial charge on any atom is -0.497 e. The topological polar surface area (TPSA) is 76.1 Å². The molecule has 3 rings (SSSR count). The Balaban J connectivity index is 1.88. The maximum atomic E-state index is 13.2. The molecule has 2 aromatic rings. The Morgan fingerprint density at radius 3 is 2.17 bits per heavy atom. The maximum absolute atomic E-state index is 13.2. The van der Waals surface area contributed by atoms with Crippen molar-refractivity contribution in [3.63, 3.8) is 0 Å². The Bertz CT molecular complexity index is 935. The quantitative estimate of drug-likeness (QED) is 0.618. The van der Waals surface area contributed by atoms with Crippen molar-refractivity contribution in [2.75, 3.05) is 19.5 Å². The molecule has 2 amide bonds. The van der Waals surface area contributed by atoms with E-state index >= 15 is 0 Å². The van der Waals surface area contributed by atoms with Gasteiger partial charge in [0, 0.05) is 5.75 Å². The number of hydrogen-bond acceptors (Lipinski definition) is 6. The summed E-state index contributed by atoms with van der Waals surface area (Å²) in [6, 6.07) is 14.4. The number of carbonyl (C=O) groups is 2. The van der Waals surface area contributed by atoms with Gasteiger partial charge in [-0.25, -0.2) is 0 Å². The van der Waals surface area contributed by atoms with Gasteiger partial charge in [0.05, 0.1) is 36.8 Å². The van der Waals surface area contributed by atoms with E-state index in [2.05, 4.69) is 0 Å². The fraction of sp³-hybridized carbons (Fsp3) is 0.304. The van der Waals surface area contributed by atoms with E-state index in [4.69, 9.17) is 9.47 Å². The van der Waals surface area contributed by atoms with Gasteiger partial charge in [-0.1, -0.05) is 24.3 Å². The number of imide groups is 1. The van der Waals surface area contributed by atoms with Gasteiger partial charge in [-0.05, 0) is 49.2 Å². The highest BCUT2D eigenvalue weighted by atomic mass is 32.2. The summed E-state index contributed by atoms with van der Waals surface area (Å²) in [6.07, 6.45) is 0.0421. The zero-order valence-corrected chi connectivity index (χ0v) is 18.1. The van der Waals surface area contributed by atoms with Gasteiger partial charge in [-0.3, -0.25) is 14.5 Å². The molecule has 0 unspecified atom stereocenters. The summed E-state index contributed by atoms with van der Waals surface area (Å²) in [5.74, 6) is 1.06. The number of aliphatic hydroxyl groups excluding tert-OH is 1. The van der Waals surface area contributed by atoms with Gasteiger partial charge in [0.15, 0.2) is 0 Å². The molecule has 2 aromatic carbocycles. The summed E-state index contributed by atoms with van der Waals surface area (Å²) in [4.78, 5) is 27.8. The molecule has 1 heterocycles. The molecule has 6 nitrogen and oxygen atoms in total. The Labute approximate surface area is 180 Å². The van der Waals surface area contributed by atoms with Crippen LogP contribution in [-0.4, -0.2) is 47.4 Å². The summed E-state index contributed by atoms with van der Waals surface area (Å²) in [5.41, 5.74) is 1.84. The fourth-order valence-electron chi connectivity index (χ4n) is 3.12. The van der Waals surface area contributed by atoms with Crippen molar-refractivity contribution in [2.24, 2.45) is 0 Å². The summed E-state index contributed by atoms with van der Waals surface area (Å²) < 4.78 is 10.8. The lowest BCUT2D eigenvalue weighted by Crippen LogP contribution is -2.30. The van der Waals surface area contributed by atoms with E-state index in [0.29, 0.717) is 33.3 Å². The number of hydrogen-bond donors (Lipinski definition) is 1. The first-order valence-corrected chi connectivity index (χ1v) is 10.7. The number of methoxy groups -OCH3 is 1. The average Bonchev–Trinajstić information content (AvgIpc) is 2.97. The zero-order chi connectivity index (χ0) is 21.7. The van der Waals surface area contributed by atoms with Crippen LogP contribution in [0.5, 0.6) is 11.5 Å². The van der Waals surface area contributed by atoms with Crippen molar-refractivity contribution >= 4 is 29.1 Å². The minimum atomic E-state index is -0.341. The number of amides is 2. The third-order valence-corrected chi connectivity index (χ3v) is 5.53. The van der Waals surface area contributed by atoms with Gasteiger partial charge in [0.1, 0.15) is 11.5 Å². The van der Waals surface area contributed by atoms with Crippen LogP contribution >= 0.6 is 11.8 Å². The highest BCUT2D eigenvalue weighted by Crippen LogP contribution is 2.37. The predicted molar refractivity (Wildman–Crippen MR) is 117 cm³/mol. The van der Waals surface area contributed by atoms with Crippen LogP contribution in [0.15, 0.2) is 53.4 Å². The van der Waals surface area contributed by atoms with Gasteiger partial charge in [-0.2, -0.15) is 0 Å². The van der Waals surface area contributed by atoms with Gasteiger partial charge in [0.2, 0.25) is 0 Å². The molecule has 1 N–H and O–H groups in total. The minimum absolute atomic E-state index is 0.0421. The number of carbonyl (C=O) groups excluding carboxylic acids is 2. The SMILES string of the molecule is COc1ccc(CN2C(=O)C(SCCO)=C(c3ccc(OC(C)C)cc3)C2=O)cc1. The fourth-order valence-corrected chi connectivity index (χ4v) is 4.00. The first-order valence-electron chi connectivity index (χ1n) is 9.68. The monoisotopic (exact) mass is 427 g/mol. The molecule has 0 radical (unpaired) electrons. The molecule has 158 valence electrons. The molecular formula is C23H25NO5S. The van der Waals surface area contributed by atoms with Crippen LogP contribution in [0.1, 0.15) is 25.0 Å². The summed E-state index contributed by atoms with van der Waals surface area (Å²) in [6.45, 7) is 3.97. The first-order chi connectivity index (χ1) is 14.4. The van der Waals surface area contributed by atoms with Crippen LogP contribution in [-0.2, 0) is 16.1 Å². The summed E-state index contributed by atoms with van der Waals surface area (Å²) in [7, 11) is 1.58. The molecular weight excluding hydrogens is 402 g/mol. The number of ether oxygens (including phenoxy) is 2. The molecule has 0 bridgehead atoms. The van der Waals surface area contributed by atoms with Crippen molar-refractivity contribution in [1.29, 1.82) is 0 Å². The lowest BCUT2D eigenvalue weighted by Gasteiger charge is -2.15. The highest BCUT2D eigenvalue weighted by molar-refractivity contribution is 8.04. The number of nitrogens with zero attached hydrogens (tertiary/aromatic N) is 1. The molecule has 0 saturated carbocycles. The largest absolute Gasteiger partial charge is 0.497 e. The second kappa shape index (κ2) is 9.82. The van der Waals surface area contributed by atoms with Crippen LogP contribution in [0.4, 0.5) is 0 Å². The van der Waals surface area contributed by atoms with E-state index in [1.807, 2.05) is 26.0 Å². The average molecular weight is 428 g/mol. The van der Waals surface area contributed by atoms with Crippen molar-refractivity contribution in [3.05, 3.63) is 64.6 Å². The second-order valence-corrected chi connectivity index (χ2v) is 8.12. The predicted octanol–water partition coefficient (Wildman–Crippen LogP) is 3.49. The van der Waals surface area contributed by atoms with Crippen molar-refractivity contribution in [3.8, 4) is 11.5 Å². The lowest BCUT2D eigenvalue weighted by molar-refractivity contribution is -0.137. The van der Waals surface area contributed by atoms with Crippen molar-refractivity contribution < 1.29 is 24.2 Å². The van der Waals surface area contributed by atoms with E-state index < -0.39 is 0 Å². The van der Waals surface area contributed by atoms with Crippen molar-refractivity contribution in [2.45, 2.75) is 26.5 Å². The van der Waals surface area contributed by atoms with Gasteiger partial charge in [-0.15, -0.1) is 11.8 Å². The molecule has 7 heteroatoms. The van der Waals surface area contributed by atoms with E-state index in [0.717, 1.165) is 5.56 Å². The molecule has 30 heavy (non-hydrogen) atoms. The number of benzene rings is 2. The molecule has 0 aromatic heterocycles. The molecule has 0 saturated heterocycles. The molecule has 1 aliphatic rings. The Morgan fingerprint density at radius 2 is 1.60 bits per heavy atom. The molecule has 1 aliphatic heterocycles. The van der Waals surface area contributed by atoms with E-state index in [9.17, 15) is 14.7 Å². The van der Waals surface area contributed by atoms with Gasteiger partial charge in [0.25, 0.3) is 11.8 Å². The Kier molecular flexibility index (Phi) is 7.18. The number of aliphatic hydroxyl groups is 1. The smallest absolute Gasteiger partial charge is 0.268 e. The maximum Gasteiger partial charge on any atom is 0.268 e. The number of rotatable bonds is 9. The number of thioether (sulfide) groups is 1. The van der Waals surface area contributed by atoms with Crippen LogP contribution in [0, 0.1) is 0 Å². The Morgan fingerprint density at radius 1 is 0.967 bits per heavy atom. The van der Waals surface area contributed by atoms with Crippen molar-refractivity contribution in [1.82, 2.24) is 4.90 Å². The van der Waals surface area contributed by atoms with E-state index in [1.165, 1.54) is 16.7 Å². The Hall–Kier alpha value is -2.77. The van der Waals surface area contributed by atoms with E-state index in [1.54, 1.807) is 43.5 Å². The third kappa shape index (κ3) is 4.86. The van der Waals surface area contributed by atoms with Crippen LogP contribution < -0.4 is 9.47 Å². The lowest BCUT2D eigenvalue weighted by atomic mass is 10.1. The molecule has 0 aliphatic carbocycles. The zero-order valence-electron chi connectivity index (χ0n) is 17.3. The standard InChI is InChI=1S/C23H25NO5S/c1-15(2)29-19-10-6-17(7-11-19)20-21(30-13-12-25)23(27)24(22(20)26)14-16-4-8-18(28-3)9-5-16/h4-11,15,25H,12-14H2,1-3H3. The molecule has 0 spiro atoms. The third-order valence-electron chi connectivity index (χ3n) is 4.48. The van der Waals surface area contributed by atoms with Crippen LogP contribution in [0.2, 0.25) is 0 Å².